The number of carbonyl (C=O) groups excluding carboxylic acids is 1. The number of para-hydroxylation sites is 1. The number of aromatic nitrogens is 1. The lowest BCUT2D eigenvalue weighted by Crippen LogP contribution is -2.39. The molecule has 6 rings (SSSR count). The maximum absolute atomic E-state index is 13.4. The number of aromatic hydroxyl groups is 2. The summed E-state index contributed by atoms with van der Waals surface area (Å²) >= 11 is 0. The van der Waals surface area contributed by atoms with Gasteiger partial charge in [-0.1, -0.05) is 30.3 Å². The lowest BCUT2D eigenvalue weighted by atomic mass is 9.92. The van der Waals surface area contributed by atoms with Crippen LogP contribution in [0.1, 0.15) is 28.4 Å². The molecule has 1 amide bonds. The number of nitrogens with zero attached hydrogens (tertiary/aromatic N) is 1. The first-order valence-corrected chi connectivity index (χ1v) is 11.1. The highest BCUT2D eigenvalue weighted by Gasteiger charge is 2.34. The Bertz CT molecular complexity index is 1450. The number of amides is 1. The number of nitrogens with one attached hydrogen (secondary N) is 1. The molecule has 170 valence electrons. The van der Waals surface area contributed by atoms with Gasteiger partial charge in [-0.25, -0.2) is 0 Å². The number of benzene rings is 3. The third-order valence-corrected chi connectivity index (χ3v) is 6.45. The van der Waals surface area contributed by atoms with Crippen molar-refractivity contribution in [3.63, 3.8) is 0 Å². The lowest BCUT2D eigenvalue weighted by Gasteiger charge is -2.35. The molecule has 0 aliphatic carbocycles. The molecule has 34 heavy (non-hydrogen) atoms. The van der Waals surface area contributed by atoms with E-state index in [1.165, 1.54) is 29.2 Å². The fourth-order valence-corrected chi connectivity index (χ4v) is 4.82. The summed E-state index contributed by atoms with van der Waals surface area (Å²) < 4.78 is 11.1. The Hall–Kier alpha value is -4.39. The summed E-state index contributed by atoms with van der Waals surface area (Å²) in [6, 6.07) is 18.1. The molecule has 1 atom stereocenters. The quantitative estimate of drug-likeness (QED) is 0.313. The number of phenolic OH excluding ortho intramolecular Hbond substituents is 2. The van der Waals surface area contributed by atoms with E-state index in [0.29, 0.717) is 23.6 Å². The number of rotatable bonds is 3. The number of hydrogen-bond donors (Lipinski definition) is 3. The Morgan fingerprint density at radius 1 is 1.00 bits per heavy atom. The van der Waals surface area contributed by atoms with E-state index >= 15 is 0 Å². The highest BCUT2D eigenvalue weighted by molar-refractivity contribution is 5.93. The molecule has 2 aliphatic heterocycles. The predicted molar refractivity (Wildman–Crippen MR) is 127 cm³/mol. The van der Waals surface area contributed by atoms with Gasteiger partial charge in [0.25, 0.3) is 0 Å². The van der Waals surface area contributed by atoms with E-state index in [1.54, 1.807) is 12.1 Å². The molecule has 3 heterocycles. The van der Waals surface area contributed by atoms with Gasteiger partial charge in [0, 0.05) is 29.2 Å². The zero-order valence-corrected chi connectivity index (χ0v) is 18.2. The van der Waals surface area contributed by atoms with Crippen molar-refractivity contribution in [1.82, 2.24) is 9.88 Å². The summed E-state index contributed by atoms with van der Waals surface area (Å²) in [6.07, 6.45) is 3.87. The molecular weight excluding hydrogens is 432 g/mol. The second-order valence-corrected chi connectivity index (χ2v) is 8.44. The predicted octanol–water partition coefficient (Wildman–Crippen LogP) is 4.50. The highest BCUT2D eigenvalue weighted by Crippen LogP contribution is 2.42. The molecule has 3 aromatic carbocycles. The van der Waals surface area contributed by atoms with Crippen molar-refractivity contribution in [2.24, 2.45) is 0 Å². The van der Waals surface area contributed by atoms with Gasteiger partial charge >= 0.3 is 0 Å². The van der Waals surface area contributed by atoms with Crippen molar-refractivity contribution in [1.29, 1.82) is 0 Å². The van der Waals surface area contributed by atoms with Crippen molar-refractivity contribution in [2.45, 2.75) is 12.5 Å². The van der Waals surface area contributed by atoms with Gasteiger partial charge in [0.15, 0.2) is 23.0 Å². The number of phenols is 2. The van der Waals surface area contributed by atoms with Gasteiger partial charge in [-0.2, -0.15) is 0 Å². The van der Waals surface area contributed by atoms with Crippen molar-refractivity contribution in [2.75, 3.05) is 13.3 Å². The van der Waals surface area contributed by atoms with Gasteiger partial charge in [0.1, 0.15) is 0 Å². The fraction of sp³-hybridized carbons (Fsp3) is 0.148. The first-order valence-electron chi connectivity index (χ1n) is 11.1. The van der Waals surface area contributed by atoms with Gasteiger partial charge in [0.05, 0.1) is 6.04 Å². The van der Waals surface area contributed by atoms with Crippen LogP contribution in [0.3, 0.4) is 0 Å². The summed E-state index contributed by atoms with van der Waals surface area (Å²) in [7, 11) is 0. The SMILES string of the molecule is O=C(C=Cc1ccc(O)c(O)c1)N1CCc2c([nH]c3ccccc23)C1c1ccc2c(c1)OCO2. The third-order valence-electron chi connectivity index (χ3n) is 6.45. The molecule has 3 N–H and O–H groups in total. The average molecular weight is 454 g/mol. The molecule has 1 unspecified atom stereocenters. The van der Waals surface area contributed by atoms with Crippen LogP contribution in [0, 0.1) is 0 Å². The van der Waals surface area contributed by atoms with Crippen LogP contribution >= 0.6 is 0 Å². The molecule has 7 nitrogen and oxygen atoms in total. The fourth-order valence-electron chi connectivity index (χ4n) is 4.82. The monoisotopic (exact) mass is 454 g/mol. The van der Waals surface area contributed by atoms with Crippen LogP contribution in [0.2, 0.25) is 0 Å². The number of H-pyrrole nitrogens is 1. The van der Waals surface area contributed by atoms with Gasteiger partial charge in [0.2, 0.25) is 12.7 Å². The van der Waals surface area contributed by atoms with Crippen LogP contribution in [0.4, 0.5) is 0 Å². The molecule has 0 saturated heterocycles. The molecule has 0 fully saturated rings. The van der Waals surface area contributed by atoms with E-state index in [0.717, 1.165) is 23.2 Å². The van der Waals surface area contributed by atoms with Crippen LogP contribution in [0.5, 0.6) is 23.0 Å². The number of hydrogen-bond acceptors (Lipinski definition) is 5. The average Bonchev–Trinajstić information content (AvgIpc) is 3.47. The van der Waals surface area contributed by atoms with Crippen molar-refractivity contribution >= 4 is 22.9 Å². The summed E-state index contributed by atoms with van der Waals surface area (Å²) in [4.78, 5) is 18.8. The van der Waals surface area contributed by atoms with Crippen molar-refractivity contribution in [3.05, 3.63) is 89.1 Å². The van der Waals surface area contributed by atoms with Crippen LogP contribution in [-0.4, -0.2) is 39.3 Å². The largest absolute Gasteiger partial charge is 0.504 e. The minimum absolute atomic E-state index is 0.153. The third kappa shape index (κ3) is 3.33. The Morgan fingerprint density at radius 2 is 1.85 bits per heavy atom. The number of fused-ring (bicyclic) bond motifs is 4. The smallest absolute Gasteiger partial charge is 0.247 e. The van der Waals surface area contributed by atoms with Gasteiger partial charge in [-0.3, -0.25) is 4.79 Å². The normalized spacial score (nSPS) is 16.8. The molecule has 0 radical (unpaired) electrons. The second-order valence-electron chi connectivity index (χ2n) is 8.44. The Morgan fingerprint density at radius 3 is 2.74 bits per heavy atom. The minimum Gasteiger partial charge on any atom is -0.504 e. The van der Waals surface area contributed by atoms with Gasteiger partial charge in [-0.05, 0) is 59.5 Å². The maximum Gasteiger partial charge on any atom is 0.247 e. The first-order chi connectivity index (χ1) is 16.6. The van der Waals surface area contributed by atoms with Crippen molar-refractivity contribution < 1.29 is 24.5 Å². The Balaban J connectivity index is 1.41. The van der Waals surface area contributed by atoms with Gasteiger partial charge < -0.3 is 29.6 Å². The number of carbonyl (C=O) groups is 1. The molecule has 0 bridgehead atoms. The maximum atomic E-state index is 13.4. The van der Waals surface area contributed by atoms with E-state index in [1.807, 2.05) is 41.3 Å². The van der Waals surface area contributed by atoms with E-state index in [2.05, 4.69) is 11.1 Å². The van der Waals surface area contributed by atoms with E-state index in [9.17, 15) is 15.0 Å². The summed E-state index contributed by atoms with van der Waals surface area (Å²) in [5, 5.41) is 20.5. The van der Waals surface area contributed by atoms with Crippen LogP contribution in [-0.2, 0) is 11.2 Å². The summed E-state index contributed by atoms with van der Waals surface area (Å²) in [5.74, 6) is 0.784. The van der Waals surface area contributed by atoms with E-state index < -0.39 is 0 Å². The number of aromatic amines is 1. The molecule has 7 heteroatoms. The lowest BCUT2D eigenvalue weighted by molar-refractivity contribution is -0.128. The summed E-state index contributed by atoms with van der Waals surface area (Å²) in [5.41, 5.74) is 4.81. The highest BCUT2D eigenvalue weighted by atomic mass is 16.7. The summed E-state index contributed by atoms with van der Waals surface area (Å²) in [6.45, 7) is 0.740. The molecule has 4 aromatic rings. The molecular formula is C27H22N2O5. The Labute approximate surface area is 195 Å². The van der Waals surface area contributed by atoms with Gasteiger partial charge in [-0.15, -0.1) is 0 Å². The molecule has 0 spiro atoms. The topological polar surface area (TPSA) is 95.0 Å². The van der Waals surface area contributed by atoms with Crippen LogP contribution in [0.25, 0.3) is 17.0 Å². The minimum atomic E-state index is -0.323. The zero-order chi connectivity index (χ0) is 23.2. The first kappa shape index (κ1) is 20.2. The van der Waals surface area contributed by atoms with Crippen molar-refractivity contribution in [3.8, 4) is 23.0 Å². The second kappa shape index (κ2) is 7.88. The van der Waals surface area contributed by atoms with E-state index in [-0.39, 0.29) is 30.2 Å². The van der Waals surface area contributed by atoms with E-state index in [4.69, 9.17) is 9.47 Å². The molecule has 1 aromatic heterocycles. The molecule has 0 saturated carbocycles. The Kier molecular flexibility index (Phi) is 4.69. The number of ether oxygens (including phenoxy) is 2. The van der Waals surface area contributed by atoms with Crippen LogP contribution in [0.15, 0.2) is 66.7 Å². The molecule has 2 aliphatic rings. The van der Waals surface area contributed by atoms with Crippen LogP contribution < -0.4 is 9.47 Å². The zero-order valence-electron chi connectivity index (χ0n) is 18.2. The standard InChI is InChI=1S/C27H22N2O5/c30-21-8-5-16(13-22(21)31)6-10-25(32)29-12-11-19-18-3-1-2-4-20(18)28-26(19)27(29)17-7-9-23-24(14-17)34-15-33-23/h1-10,13-14,27-28,30-31H,11-12,15H2.